The van der Waals surface area contributed by atoms with Crippen LogP contribution in [0.4, 0.5) is 39.8 Å². The molecular formula is C20H19ClN4. The Kier molecular flexibility index (Phi) is 3.51. The summed E-state index contributed by atoms with van der Waals surface area (Å²) in [5.41, 5.74) is 20.4. The Bertz CT molecular complexity index is 983. The van der Waals surface area contributed by atoms with Gasteiger partial charge in [-0.2, -0.15) is 0 Å². The number of hydrogen-bond donors (Lipinski definition) is 3. The van der Waals surface area contributed by atoms with Gasteiger partial charge >= 0.3 is 0 Å². The van der Waals surface area contributed by atoms with Gasteiger partial charge in [-0.25, -0.2) is 0 Å². The third-order valence-corrected chi connectivity index (χ3v) is 5.14. The molecule has 4 rings (SSSR count). The zero-order chi connectivity index (χ0) is 17.7. The van der Waals surface area contributed by atoms with E-state index in [0.717, 1.165) is 45.3 Å². The lowest BCUT2D eigenvalue weighted by atomic mass is 10.0. The van der Waals surface area contributed by atoms with E-state index in [1.54, 1.807) is 0 Å². The van der Waals surface area contributed by atoms with Gasteiger partial charge in [0.1, 0.15) is 0 Å². The topological polar surface area (TPSA) is 67.3 Å². The number of anilines is 7. The summed E-state index contributed by atoms with van der Waals surface area (Å²) in [5.74, 6) is 0. The molecule has 3 aromatic carbocycles. The number of para-hydroxylation sites is 1. The molecule has 5 N–H and O–H groups in total. The molecule has 0 radical (unpaired) electrons. The average Bonchev–Trinajstić information content (AvgIpc) is 2.61. The number of benzene rings is 3. The highest BCUT2D eigenvalue weighted by atomic mass is 35.5. The van der Waals surface area contributed by atoms with E-state index in [0.29, 0.717) is 10.7 Å². The van der Waals surface area contributed by atoms with Gasteiger partial charge in [0.15, 0.2) is 0 Å². The Morgan fingerprint density at radius 2 is 1.60 bits per heavy atom. The molecule has 0 unspecified atom stereocenters. The number of aryl methyl sites for hydroxylation is 1. The number of halogens is 1. The fourth-order valence-corrected chi connectivity index (χ4v) is 3.42. The van der Waals surface area contributed by atoms with Gasteiger partial charge in [0.2, 0.25) is 0 Å². The van der Waals surface area contributed by atoms with Crippen molar-refractivity contribution in [1.29, 1.82) is 0 Å². The van der Waals surface area contributed by atoms with Gasteiger partial charge in [0, 0.05) is 17.1 Å². The monoisotopic (exact) mass is 350 g/mol. The number of rotatable bonds is 1. The summed E-state index contributed by atoms with van der Waals surface area (Å²) in [6, 6.07) is 16.1. The number of nitrogens with one attached hydrogen (secondary N) is 1. The van der Waals surface area contributed by atoms with Gasteiger partial charge in [-0.3, -0.25) is 0 Å². The molecular weight excluding hydrogens is 332 g/mol. The summed E-state index contributed by atoms with van der Waals surface area (Å²) in [6.07, 6.45) is 0. The van der Waals surface area contributed by atoms with Crippen LogP contribution in [-0.2, 0) is 0 Å². The molecule has 1 aliphatic heterocycles. The summed E-state index contributed by atoms with van der Waals surface area (Å²) in [4.78, 5) is 2.14. The van der Waals surface area contributed by atoms with Crippen molar-refractivity contribution in [1.82, 2.24) is 0 Å². The second-order valence-corrected chi connectivity index (χ2v) is 6.70. The molecule has 0 saturated carbocycles. The van der Waals surface area contributed by atoms with Crippen molar-refractivity contribution in [2.24, 2.45) is 0 Å². The van der Waals surface area contributed by atoms with E-state index in [-0.39, 0.29) is 0 Å². The molecule has 0 saturated heterocycles. The van der Waals surface area contributed by atoms with Gasteiger partial charge in [-0.05, 0) is 55.3 Å². The van der Waals surface area contributed by atoms with Crippen LogP contribution in [-0.4, -0.2) is 0 Å². The Balaban J connectivity index is 2.05. The lowest BCUT2D eigenvalue weighted by molar-refractivity contribution is 1.24. The Morgan fingerprint density at radius 1 is 0.920 bits per heavy atom. The van der Waals surface area contributed by atoms with E-state index in [2.05, 4.69) is 22.3 Å². The minimum absolute atomic E-state index is 0.635. The van der Waals surface area contributed by atoms with Crippen LogP contribution in [0.5, 0.6) is 0 Å². The maximum atomic E-state index is 6.61. The van der Waals surface area contributed by atoms with Crippen LogP contribution in [0.3, 0.4) is 0 Å². The molecule has 0 bridgehead atoms. The molecule has 0 spiro atoms. The van der Waals surface area contributed by atoms with Gasteiger partial charge in [0.25, 0.3) is 0 Å². The van der Waals surface area contributed by atoms with E-state index in [1.165, 1.54) is 0 Å². The van der Waals surface area contributed by atoms with E-state index < -0.39 is 0 Å². The third kappa shape index (κ3) is 2.37. The van der Waals surface area contributed by atoms with Gasteiger partial charge < -0.3 is 21.7 Å². The van der Waals surface area contributed by atoms with Crippen molar-refractivity contribution in [3.05, 3.63) is 64.7 Å². The molecule has 0 aliphatic carbocycles. The number of nitrogens with two attached hydrogens (primary N) is 2. The fraction of sp³-hybridized carbons (Fsp3) is 0.100. The smallest absolute Gasteiger partial charge is 0.0823 e. The molecule has 3 aromatic rings. The first kappa shape index (κ1) is 15.7. The first-order valence-corrected chi connectivity index (χ1v) is 8.46. The molecule has 0 atom stereocenters. The second-order valence-electron chi connectivity index (χ2n) is 6.32. The Labute approximate surface area is 152 Å². The number of hydrogen-bond acceptors (Lipinski definition) is 4. The molecule has 0 amide bonds. The molecule has 1 heterocycles. The van der Waals surface area contributed by atoms with Crippen LogP contribution in [0, 0.1) is 13.8 Å². The van der Waals surface area contributed by atoms with Crippen molar-refractivity contribution in [2.75, 3.05) is 21.7 Å². The number of nitrogen functional groups attached to an aromatic ring is 2. The summed E-state index contributed by atoms with van der Waals surface area (Å²) >= 11 is 6.61. The van der Waals surface area contributed by atoms with E-state index >= 15 is 0 Å². The third-order valence-electron chi connectivity index (χ3n) is 4.67. The van der Waals surface area contributed by atoms with Gasteiger partial charge in [-0.1, -0.05) is 29.8 Å². The first-order chi connectivity index (χ1) is 12.0. The Hall–Kier alpha value is -2.85. The highest BCUT2D eigenvalue weighted by molar-refractivity contribution is 6.35. The van der Waals surface area contributed by atoms with Gasteiger partial charge in [-0.15, -0.1) is 0 Å². The van der Waals surface area contributed by atoms with Gasteiger partial charge in [0.05, 0.1) is 27.8 Å². The van der Waals surface area contributed by atoms with Crippen LogP contribution in [0.1, 0.15) is 11.1 Å². The highest BCUT2D eigenvalue weighted by Gasteiger charge is 2.28. The standard InChI is InChI=1S/C20H19ClN4/c1-11-8-16-17(9-14(11)22)25(13-6-4-3-5-7-13)18-10-15(23)12(2)19(21)20(18)24-16/h3-10,24H,22-23H2,1-2H3. The molecule has 1 aliphatic rings. The van der Waals surface area contributed by atoms with Crippen LogP contribution in [0.15, 0.2) is 48.5 Å². The predicted molar refractivity (Wildman–Crippen MR) is 108 cm³/mol. The van der Waals surface area contributed by atoms with Crippen molar-refractivity contribution < 1.29 is 0 Å². The van der Waals surface area contributed by atoms with Crippen molar-refractivity contribution in [2.45, 2.75) is 13.8 Å². The lowest BCUT2D eigenvalue weighted by Gasteiger charge is -2.35. The molecule has 126 valence electrons. The quantitative estimate of drug-likeness (QED) is 0.388. The van der Waals surface area contributed by atoms with E-state index in [9.17, 15) is 0 Å². The fourth-order valence-electron chi connectivity index (χ4n) is 3.17. The zero-order valence-corrected chi connectivity index (χ0v) is 14.9. The maximum Gasteiger partial charge on any atom is 0.0823 e. The summed E-state index contributed by atoms with van der Waals surface area (Å²) in [5, 5.41) is 4.10. The van der Waals surface area contributed by atoms with Crippen molar-refractivity contribution in [3.63, 3.8) is 0 Å². The summed E-state index contributed by atoms with van der Waals surface area (Å²) in [7, 11) is 0. The van der Waals surface area contributed by atoms with Crippen molar-refractivity contribution >= 4 is 51.4 Å². The highest BCUT2D eigenvalue weighted by Crippen LogP contribution is 2.52. The minimum atomic E-state index is 0.635. The van der Waals surface area contributed by atoms with Crippen LogP contribution < -0.4 is 21.7 Å². The molecule has 0 aromatic heterocycles. The normalized spacial score (nSPS) is 12.4. The molecule has 25 heavy (non-hydrogen) atoms. The number of nitrogens with zero attached hydrogens (tertiary/aromatic N) is 1. The molecule has 5 heteroatoms. The molecule has 0 fully saturated rings. The van der Waals surface area contributed by atoms with Crippen LogP contribution in [0.25, 0.3) is 0 Å². The van der Waals surface area contributed by atoms with E-state index in [1.807, 2.05) is 50.2 Å². The lowest BCUT2D eigenvalue weighted by Crippen LogP contribution is -2.19. The molecule has 4 nitrogen and oxygen atoms in total. The Morgan fingerprint density at radius 3 is 2.32 bits per heavy atom. The number of fused-ring (bicyclic) bond motifs is 2. The average molecular weight is 351 g/mol. The zero-order valence-electron chi connectivity index (χ0n) is 14.1. The first-order valence-electron chi connectivity index (χ1n) is 8.08. The largest absolute Gasteiger partial charge is 0.398 e. The second kappa shape index (κ2) is 5.60. The SMILES string of the molecule is Cc1cc2c(cc1N)N(c1ccccc1)c1cc(N)c(C)c(Cl)c1N2. The van der Waals surface area contributed by atoms with Crippen LogP contribution in [0.2, 0.25) is 5.02 Å². The predicted octanol–water partition coefficient (Wildman–Crippen LogP) is 5.65. The summed E-state index contributed by atoms with van der Waals surface area (Å²) < 4.78 is 0. The van der Waals surface area contributed by atoms with Crippen LogP contribution >= 0.6 is 11.6 Å². The summed E-state index contributed by atoms with van der Waals surface area (Å²) in [6.45, 7) is 3.92. The van der Waals surface area contributed by atoms with Crippen molar-refractivity contribution in [3.8, 4) is 0 Å². The van der Waals surface area contributed by atoms with E-state index in [4.69, 9.17) is 23.1 Å². The maximum absolute atomic E-state index is 6.61. The minimum Gasteiger partial charge on any atom is -0.398 e.